The number of aromatic nitrogens is 2. The van der Waals surface area contributed by atoms with E-state index < -0.39 is 5.97 Å². The highest BCUT2D eigenvalue weighted by molar-refractivity contribution is 5.89. The molecule has 0 fully saturated rings. The Bertz CT molecular complexity index is 534. The number of hydrogen-bond donors (Lipinski definition) is 2. The largest absolute Gasteiger partial charge is 0.478 e. The van der Waals surface area contributed by atoms with Crippen molar-refractivity contribution in [2.75, 3.05) is 5.32 Å². The van der Waals surface area contributed by atoms with E-state index in [0.29, 0.717) is 0 Å². The summed E-state index contributed by atoms with van der Waals surface area (Å²) in [4.78, 5) is 14.9. The minimum Gasteiger partial charge on any atom is -0.478 e. The summed E-state index contributed by atoms with van der Waals surface area (Å²) in [6, 6.07) is 6.68. The summed E-state index contributed by atoms with van der Waals surface area (Å²) in [6.45, 7) is 2.82. The van der Waals surface area contributed by atoms with Gasteiger partial charge in [-0.05, 0) is 25.1 Å². The summed E-state index contributed by atoms with van der Waals surface area (Å²) >= 11 is 0. The molecule has 2 rings (SSSR count). The van der Waals surface area contributed by atoms with E-state index in [0.717, 1.165) is 18.1 Å². The number of benzene rings is 1. The van der Waals surface area contributed by atoms with Gasteiger partial charge in [-0.15, -0.1) is 0 Å². The smallest absolute Gasteiger partial charge is 0.335 e. The van der Waals surface area contributed by atoms with Crippen LogP contribution in [0.3, 0.4) is 0 Å². The van der Waals surface area contributed by atoms with Gasteiger partial charge in [-0.2, -0.15) is 0 Å². The van der Waals surface area contributed by atoms with Crippen LogP contribution in [0.25, 0.3) is 0 Å². The van der Waals surface area contributed by atoms with Gasteiger partial charge in [-0.1, -0.05) is 6.07 Å². The second-order valence-electron chi connectivity index (χ2n) is 3.58. The molecule has 0 aliphatic carbocycles. The lowest BCUT2D eigenvalue weighted by atomic mass is 10.2. The summed E-state index contributed by atoms with van der Waals surface area (Å²) in [5, 5.41) is 12.0. The van der Waals surface area contributed by atoms with Crippen LogP contribution in [0.15, 0.2) is 36.8 Å². The summed E-state index contributed by atoms with van der Waals surface area (Å²) in [5.74, 6) is -0.0901. The second-order valence-corrected chi connectivity index (χ2v) is 3.58. The highest BCUT2D eigenvalue weighted by Crippen LogP contribution is 2.17. The van der Waals surface area contributed by atoms with Crippen LogP contribution in [0.1, 0.15) is 17.3 Å². The molecular formula is C12H13N3O2. The quantitative estimate of drug-likeness (QED) is 0.847. The molecule has 1 aromatic heterocycles. The van der Waals surface area contributed by atoms with Crippen molar-refractivity contribution in [3.8, 4) is 0 Å². The number of aryl methyl sites for hydroxylation is 1. The predicted molar refractivity (Wildman–Crippen MR) is 64.6 cm³/mol. The van der Waals surface area contributed by atoms with Crippen molar-refractivity contribution in [2.24, 2.45) is 0 Å². The molecule has 88 valence electrons. The van der Waals surface area contributed by atoms with E-state index in [2.05, 4.69) is 10.3 Å². The molecule has 0 saturated carbocycles. The van der Waals surface area contributed by atoms with Crippen LogP contribution < -0.4 is 5.32 Å². The van der Waals surface area contributed by atoms with Crippen molar-refractivity contribution in [2.45, 2.75) is 13.5 Å². The van der Waals surface area contributed by atoms with Crippen LogP contribution in [-0.4, -0.2) is 20.6 Å². The van der Waals surface area contributed by atoms with E-state index in [1.54, 1.807) is 30.7 Å². The van der Waals surface area contributed by atoms with E-state index in [-0.39, 0.29) is 5.56 Å². The Balaban J connectivity index is 2.24. The van der Waals surface area contributed by atoms with E-state index in [9.17, 15) is 4.79 Å². The van der Waals surface area contributed by atoms with E-state index >= 15 is 0 Å². The number of aromatic carboxylic acids is 1. The Labute approximate surface area is 98.7 Å². The van der Waals surface area contributed by atoms with Gasteiger partial charge in [0.15, 0.2) is 0 Å². The first-order valence-corrected chi connectivity index (χ1v) is 5.31. The van der Waals surface area contributed by atoms with Crippen LogP contribution in [0.2, 0.25) is 0 Å². The van der Waals surface area contributed by atoms with Gasteiger partial charge in [0, 0.05) is 12.2 Å². The van der Waals surface area contributed by atoms with Crippen LogP contribution in [0.4, 0.5) is 11.5 Å². The fraction of sp³-hybridized carbons (Fsp3) is 0.167. The van der Waals surface area contributed by atoms with E-state index in [1.165, 1.54) is 0 Å². The summed E-state index contributed by atoms with van der Waals surface area (Å²) < 4.78 is 1.94. The maximum Gasteiger partial charge on any atom is 0.335 e. The van der Waals surface area contributed by atoms with Crippen LogP contribution in [0.5, 0.6) is 0 Å². The van der Waals surface area contributed by atoms with Gasteiger partial charge in [-0.25, -0.2) is 9.78 Å². The van der Waals surface area contributed by atoms with Gasteiger partial charge in [0.2, 0.25) is 0 Å². The third kappa shape index (κ3) is 2.44. The third-order valence-corrected chi connectivity index (χ3v) is 2.43. The zero-order valence-corrected chi connectivity index (χ0v) is 9.42. The number of imidazole rings is 1. The van der Waals surface area contributed by atoms with Crippen molar-refractivity contribution in [3.05, 3.63) is 42.4 Å². The topological polar surface area (TPSA) is 67.2 Å². The number of carboxylic acid groups (broad SMARTS) is 1. The van der Waals surface area contributed by atoms with Crippen molar-refractivity contribution in [3.63, 3.8) is 0 Å². The molecule has 0 amide bonds. The van der Waals surface area contributed by atoms with Crippen LogP contribution in [-0.2, 0) is 6.54 Å². The maximum absolute atomic E-state index is 10.8. The summed E-state index contributed by atoms with van der Waals surface area (Å²) in [6.07, 6.45) is 3.43. The molecule has 2 N–H and O–H groups in total. The lowest BCUT2D eigenvalue weighted by Gasteiger charge is -2.08. The number of carboxylic acids is 1. The highest BCUT2D eigenvalue weighted by Gasteiger charge is 2.05. The number of carbonyl (C=O) groups is 1. The van der Waals surface area contributed by atoms with Gasteiger partial charge in [0.25, 0.3) is 0 Å². The molecule has 0 radical (unpaired) electrons. The molecule has 0 spiro atoms. The summed E-state index contributed by atoms with van der Waals surface area (Å²) in [5.41, 5.74) is 0.998. The lowest BCUT2D eigenvalue weighted by Crippen LogP contribution is -2.01. The third-order valence-electron chi connectivity index (χ3n) is 2.43. The number of nitrogens with one attached hydrogen (secondary N) is 1. The Morgan fingerprint density at radius 2 is 2.35 bits per heavy atom. The average molecular weight is 231 g/mol. The summed E-state index contributed by atoms with van der Waals surface area (Å²) in [7, 11) is 0. The van der Waals surface area contributed by atoms with Crippen molar-refractivity contribution < 1.29 is 9.90 Å². The minimum absolute atomic E-state index is 0.262. The van der Waals surface area contributed by atoms with Crippen molar-refractivity contribution in [1.82, 2.24) is 9.55 Å². The van der Waals surface area contributed by atoms with Crippen LogP contribution >= 0.6 is 0 Å². The number of rotatable bonds is 4. The van der Waals surface area contributed by atoms with Gasteiger partial charge >= 0.3 is 5.97 Å². The maximum atomic E-state index is 10.8. The number of hydrogen-bond acceptors (Lipinski definition) is 3. The van der Waals surface area contributed by atoms with Crippen molar-refractivity contribution in [1.29, 1.82) is 0 Å². The zero-order valence-electron chi connectivity index (χ0n) is 9.42. The van der Waals surface area contributed by atoms with E-state index in [1.807, 2.05) is 17.6 Å². The highest BCUT2D eigenvalue weighted by atomic mass is 16.4. The standard InChI is InChI=1S/C12H13N3O2/c1-2-15-8-13-7-11(15)14-10-5-3-4-9(6-10)12(16)17/h3-8,14H,2H2,1H3,(H,16,17). The second kappa shape index (κ2) is 4.69. The first kappa shape index (κ1) is 11.2. The Morgan fingerprint density at radius 1 is 1.53 bits per heavy atom. The fourth-order valence-electron chi connectivity index (χ4n) is 1.55. The van der Waals surface area contributed by atoms with E-state index in [4.69, 9.17) is 5.11 Å². The minimum atomic E-state index is -0.933. The van der Waals surface area contributed by atoms with Crippen molar-refractivity contribution >= 4 is 17.5 Å². The Hall–Kier alpha value is -2.30. The molecule has 5 nitrogen and oxygen atoms in total. The average Bonchev–Trinajstić information content (AvgIpc) is 2.76. The number of anilines is 2. The molecule has 0 aliphatic rings. The fourth-order valence-corrected chi connectivity index (χ4v) is 1.55. The Morgan fingerprint density at radius 3 is 3.06 bits per heavy atom. The molecular weight excluding hydrogens is 218 g/mol. The molecule has 0 aliphatic heterocycles. The molecule has 1 aromatic carbocycles. The Kier molecular flexibility index (Phi) is 3.09. The normalized spacial score (nSPS) is 10.2. The van der Waals surface area contributed by atoms with Gasteiger partial charge in [0.1, 0.15) is 5.82 Å². The SMILES string of the molecule is CCn1cncc1Nc1cccc(C(=O)O)c1. The zero-order chi connectivity index (χ0) is 12.3. The molecule has 0 atom stereocenters. The first-order valence-electron chi connectivity index (χ1n) is 5.31. The van der Waals surface area contributed by atoms with Crippen LogP contribution in [0, 0.1) is 0 Å². The van der Waals surface area contributed by atoms with Gasteiger partial charge < -0.3 is 15.0 Å². The molecule has 0 saturated heterocycles. The van der Waals surface area contributed by atoms with Gasteiger partial charge in [0.05, 0.1) is 18.1 Å². The predicted octanol–water partition coefficient (Wildman–Crippen LogP) is 2.34. The molecule has 2 aromatic rings. The first-order chi connectivity index (χ1) is 8.20. The molecule has 0 bridgehead atoms. The number of nitrogens with zero attached hydrogens (tertiary/aromatic N) is 2. The lowest BCUT2D eigenvalue weighted by molar-refractivity contribution is 0.0697. The monoisotopic (exact) mass is 231 g/mol. The molecule has 17 heavy (non-hydrogen) atoms. The molecule has 0 unspecified atom stereocenters. The molecule has 1 heterocycles. The van der Waals surface area contributed by atoms with Gasteiger partial charge in [-0.3, -0.25) is 0 Å². The molecule has 5 heteroatoms.